The number of hydrogen-bond donors (Lipinski definition) is 0. The zero-order chi connectivity index (χ0) is 12.3. The van der Waals surface area contributed by atoms with Crippen molar-refractivity contribution >= 4 is 15.9 Å². The zero-order valence-electron chi connectivity index (χ0n) is 10.0. The Morgan fingerprint density at radius 3 is 2.53 bits per heavy atom. The first kappa shape index (κ1) is 12.2. The number of halogens is 1. The van der Waals surface area contributed by atoms with Crippen LogP contribution in [0, 0.1) is 13.8 Å². The second kappa shape index (κ2) is 5.37. The van der Waals surface area contributed by atoms with Crippen molar-refractivity contribution in [2.75, 3.05) is 0 Å². The van der Waals surface area contributed by atoms with Crippen molar-refractivity contribution < 1.29 is 4.74 Å². The predicted molar refractivity (Wildman–Crippen MR) is 74.4 cm³/mol. The van der Waals surface area contributed by atoms with Gasteiger partial charge in [0.05, 0.1) is 0 Å². The Hall–Kier alpha value is -1.28. The molecule has 0 saturated heterocycles. The fourth-order valence-corrected chi connectivity index (χ4v) is 2.34. The van der Waals surface area contributed by atoms with Crippen molar-refractivity contribution in [1.29, 1.82) is 0 Å². The van der Waals surface area contributed by atoms with Gasteiger partial charge in [0, 0.05) is 4.47 Å². The molecule has 2 heteroatoms. The molecule has 0 aliphatic rings. The van der Waals surface area contributed by atoms with Gasteiger partial charge in [-0.15, -0.1) is 0 Å². The van der Waals surface area contributed by atoms with Gasteiger partial charge in [0.15, 0.2) is 0 Å². The fourth-order valence-electron chi connectivity index (χ4n) is 1.75. The Balaban J connectivity index is 2.07. The van der Waals surface area contributed by atoms with Crippen LogP contribution in [-0.4, -0.2) is 0 Å². The van der Waals surface area contributed by atoms with E-state index in [4.69, 9.17) is 4.74 Å². The molecule has 2 aromatic carbocycles. The Morgan fingerprint density at radius 2 is 1.82 bits per heavy atom. The van der Waals surface area contributed by atoms with E-state index in [9.17, 15) is 0 Å². The highest BCUT2D eigenvalue weighted by Crippen LogP contribution is 2.21. The maximum absolute atomic E-state index is 5.78. The second-order valence-corrected chi connectivity index (χ2v) is 5.16. The number of ether oxygens (including phenoxy) is 1. The van der Waals surface area contributed by atoms with E-state index in [-0.39, 0.29) is 0 Å². The summed E-state index contributed by atoms with van der Waals surface area (Å²) in [6.07, 6.45) is 0. The monoisotopic (exact) mass is 290 g/mol. The van der Waals surface area contributed by atoms with Gasteiger partial charge in [-0.25, -0.2) is 0 Å². The van der Waals surface area contributed by atoms with E-state index in [0.717, 1.165) is 10.2 Å². The number of rotatable bonds is 3. The summed E-state index contributed by atoms with van der Waals surface area (Å²) < 4.78 is 6.83. The number of aryl methyl sites for hydroxylation is 2. The summed E-state index contributed by atoms with van der Waals surface area (Å²) in [6.45, 7) is 4.76. The number of hydrogen-bond acceptors (Lipinski definition) is 1. The van der Waals surface area contributed by atoms with Gasteiger partial charge in [-0.3, -0.25) is 0 Å². The van der Waals surface area contributed by atoms with Gasteiger partial charge in [0.25, 0.3) is 0 Å². The Bertz CT molecular complexity index is 500. The molecule has 2 aromatic rings. The molecule has 1 nitrogen and oxygen atoms in total. The lowest BCUT2D eigenvalue weighted by atomic mass is 10.1. The molecule has 0 radical (unpaired) electrons. The summed E-state index contributed by atoms with van der Waals surface area (Å²) in [5.41, 5.74) is 3.65. The minimum Gasteiger partial charge on any atom is -0.489 e. The highest BCUT2D eigenvalue weighted by molar-refractivity contribution is 9.10. The molecule has 0 atom stereocenters. The average Bonchev–Trinajstić information content (AvgIpc) is 2.25. The van der Waals surface area contributed by atoms with Crippen molar-refractivity contribution in [3.63, 3.8) is 0 Å². The first-order valence-corrected chi connectivity index (χ1v) is 6.38. The van der Waals surface area contributed by atoms with Crippen molar-refractivity contribution in [1.82, 2.24) is 0 Å². The highest BCUT2D eigenvalue weighted by Gasteiger charge is 1.99. The van der Waals surface area contributed by atoms with E-state index >= 15 is 0 Å². The third kappa shape index (κ3) is 3.60. The lowest BCUT2D eigenvalue weighted by Crippen LogP contribution is -1.96. The largest absolute Gasteiger partial charge is 0.489 e. The van der Waals surface area contributed by atoms with Gasteiger partial charge < -0.3 is 4.74 Å². The summed E-state index contributed by atoms with van der Waals surface area (Å²) in [5, 5.41) is 0. The van der Waals surface area contributed by atoms with E-state index < -0.39 is 0 Å². The molecule has 0 heterocycles. The second-order valence-electron chi connectivity index (χ2n) is 4.24. The predicted octanol–water partition coefficient (Wildman–Crippen LogP) is 4.64. The van der Waals surface area contributed by atoms with Crippen LogP contribution in [0.5, 0.6) is 5.75 Å². The molecule has 0 aliphatic heterocycles. The first-order valence-electron chi connectivity index (χ1n) is 5.59. The van der Waals surface area contributed by atoms with Crippen LogP contribution in [0.3, 0.4) is 0 Å². The molecule has 0 unspecified atom stereocenters. The summed E-state index contributed by atoms with van der Waals surface area (Å²) in [5.74, 6) is 0.901. The molecular formula is C15H15BrO. The van der Waals surface area contributed by atoms with Gasteiger partial charge in [0.1, 0.15) is 12.4 Å². The third-order valence-electron chi connectivity index (χ3n) is 2.50. The van der Waals surface area contributed by atoms with Gasteiger partial charge in [-0.1, -0.05) is 45.8 Å². The minimum absolute atomic E-state index is 0.609. The summed E-state index contributed by atoms with van der Waals surface area (Å²) in [6, 6.07) is 14.5. The highest BCUT2D eigenvalue weighted by atomic mass is 79.9. The topological polar surface area (TPSA) is 9.23 Å². The fraction of sp³-hybridized carbons (Fsp3) is 0.200. The Morgan fingerprint density at radius 1 is 1.00 bits per heavy atom. The maximum Gasteiger partial charge on any atom is 0.121 e. The Labute approximate surface area is 111 Å². The smallest absolute Gasteiger partial charge is 0.121 e. The van der Waals surface area contributed by atoms with Gasteiger partial charge in [-0.05, 0) is 43.2 Å². The van der Waals surface area contributed by atoms with Gasteiger partial charge in [0.2, 0.25) is 0 Å². The molecule has 17 heavy (non-hydrogen) atoms. The van der Waals surface area contributed by atoms with Crippen LogP contribution in [0.15, 0.2) is 46.9 Å². The minimum atomic E-state index is 0.609. The molecule has 0 fully saturated rings. The quantitative estimate of drug-likeness (QED) is 0.800. The maximum atomic E-state index is 5.78. The molecule has 0 amide bonds. The van der Waals surface area contributed by atoms with Crippen molar-refractivity contribution in [2.45, 2.75) is 20.5 Å². The molecule has 0 bridgehead atoms. The summed E-state index contributed by atoms with van der Waals surface area (Å²) in [7, 11) is 0. The van der Waals surface area contributed by atoms with Crippen molar-refractivity contribution in [3.8, 4) is 5.75 Å². The van der Waals surface area contributed by atoms with Crippen LogP contribution in [-0.2, 0) is 6.61 Å². The standard InChI is InChI=1S/C15H15BrO/c1-11-4-3-5-13(6-11)10-17-15-8-12(2)7-14(16)9-15/h3-9H,10H2,1-2H3. The SMILES string of the molecule is Cc1cccc(COc2cc(C)cc(Br)c2)c1. The van der Waals surface area contributed by atoms with E-state index in [1.165, 1.54) is 16.7 Å². The molecule has 0 aromatic heterocycles. The van der Waals surface area contributed by atoms with Crippen molar-refractivity contribution in [3.05, 3.63) is 63.6 Å². The van der Waals surface area contributed by atoms with Crippen LogP contribution in [0.2, 0.25) is 0 Å². The molecule has 0 aliphatic carbocycles. The summed E-state index contributed by atoms with van der Waals surface area (Å²) in [4.78, 5) is 0. The number of benzene rings is 2. The molecular weight excluding hydrogens is 276 g/mol. The Kier molecular flexibility index (Phi) is 3.85. The third-order valence-corrected chi connectivity index (χ3v) is 2.96. The zero-order valence-corrected chi connectivity index (χ0v) is 11.6. The lowest BCUT2D eigenvalue weighted by Gasteiger charge is -2.08. The van der Waals surface area contributed by atoms with E-state index in [0.29, 0.717) is 6.61 Å². The molecule has 0 saturated carbocycles. The average molecular weight is 291 g/mol. The molecule has 2 rings (SSSR count). The molecule has 88 valence electrons. The molecule has 0 N–H and O–H groups in total. The lowest BCUT2D eigenvalue weighted by molar-refractivity contribution is 0.306. The van der Waals surface area contributed by atoms with Crippen LogP contribution in [0.25, 0.3) is 0 Å². The van der Waals surface area contributed by atoms with Crippen LogP contribution in [0.1, 0.15) is 16.7 Å². The van der Waals surface area contributed by atoms with Crippen LogP contribution < -0.4 is 4.74 Å². The van der Waals surface area contributed by atoms with Crippen molar-refractivity contribution in [2.24, 2.45) is 0 Å². The van der Waals surface area contributed by atoms with Crippen LogP contribution >= 0.6 is 15.9 Å². The first-order chi connectivity index (χ1) is 8.13. The molecule has 0 spiro atoms. The normalized spacial score (nSPS) is 10.3. The van der Waals surface area contributed by atoms with E-state index in [1.54, 1.807) is 0 Å². The van der Waals surface area contributed by atoms with Gasteiger partial charge >= 0.3 is 0 Å². The van der Waals surface area contributed by atoms with E-state index in [1.807, 2.05) is 12.1 Å². The van der Waals surface area contributed by atoms with Crippen LogP contribution in [0.4, 0.5) is 0 Å². The van der Waals surface area contributed by atoms with Gasteiger partial charge in [-0.2, -0.15) is 0 Å². The summed E-state index contributed by atoms with van der Waals surface area (Å²) >= 11 is 3.47. The van der Waals surface area contributed by atoms with E-state index in [2.05, 4.69) is 60.1 Å².